The molecule has 0 spiro atoms. The Morgan fingerprint density at radius 1 is 1.24 bits per heavy atom. The van der Waals surface area contributed by atoms with Gasteiger partial charge in [0, 0.05) is 7.05 Å². The minimum atomic E-state index is -0.871. The van der Waals surface area contributed by atoms with E-state index in [0.717, 1.165) is 5.75 Å². The number of hydrogen-bond acceptors (Lipinski definition) is 3. The van der Waals surface area contributed by atoms with Crippen LogP contribution in [0.2, 0.25) is 0 Å². The van der Waals surface area contributed by atoms with Crippen molar-refractivity contribution in [3.8, 4) is 5.75 Å². The van der Waals surface area contributed by atoms with Crippen LogP contribution < -0.4 is 4.74 Å². The quantitative estimate of drug-likeness (QED) is 0.870. The number of carbonyl (C=O) groups is 2. The van der Waals surface area contributed by atoms with Crippen LogP contribution >= 0.6 is 0 Å². The molecule has 1 aliphatic rings. The number of rotatable bonds is 6. The zero-order valence-electron chi connectivity index (χ0n) is 12.4. The van der Waals surface area contributed by atoms with Gasteiger partial charge in [-0.1, -0.05) is 17.7 Å². The second kappa shape index (κ2) is 6.61. The average Bonchev–Trinajstić information content (AvgIpc) is 2.38. The highest BCUT2D eigenvalue weighted by atomic mass is 16.5. The number of nitrogens with zero attached hydrogens (tertiary/aromatic N) is 1. The van der Waals surface area contributed by atoms with Crippen molar-refractivity contribution in [3.63, 3.8) is 0 Å². The third kappa shape index (κ3) is 3.74. The van der Waals surface area contributed by atoms with Crippen LogP contribution in [0.1, 0.15) is 18.4 Å². The molecule has 114 valence electrons. The van der Waals surface area contributed by atoms with E-state index >= 15 is 0 Å². The summed E-state index contributed by atoms with van der Waals surface area (Å²) in [6, 6.07) is 7.72. The fourth-order valence-corrected chi connectivity index (χ4v) is 2.42. The van der Waals surface area contributed by atoms with Gasteiger partial charge in [-0.15, -0.1) is 0 Å². The van der Waals surface area contributed by atoms with E-state index in [1.807, 2.05) is 31.2 Å². The second-order valence-electron chi connectivity index (χ2n) is 5.55. The predicted octanol–water partition coefficient (Wildman–Crippen LogP) is 1.94. The number of hydrogen-bond donors (Lipinski definition) is 1. The molecule has 1 amide bonds. The third-order valence-electron chi connectivity index (χ3n) is 4.00. The monoisotopic (exact) mass is 291 g/mol. The normalized spacial score (nSPS) is 20.5. The van der Waals surface area contributed by atoms with Crippen LogP contribution in [-0.4, -0.2) is 42.1 Å². The molecule has 1 aromatic carbocycles. The lowest BCUT2D eigenvalue weighted by molar-refractivity contribution is -0.156. The number of amides is 1. The number of carbonyl (C=O) groups excluding carboxylic acids is 1. The van der Waals surface area contributed by atoms with Crippen LogP contribution in [0.15, 0.2) is 24.3 Å². The molecule has 0 aromatic heterocycles. The summed E-state index contributed by atoms with van der Waals surface area (Å²) in [5.74, 6) is -1.08. The SMILES string of the molecule is Cc1ccc(OCCN(C)C(=O)C2CCC2C(=O)O)cc1. The van der Waals surface area contributed by atoms with E-state index in [1.54, 1.807) is 11.9 Å². The van der Waals surface area contributed by atoms with Crippen molar-refractivity contribution >= 4 is 11.9 Å². The lowest BCUT2D eigenvalue weighted by Crippen LogP contribution is -2.45. The van der Waals surface area contributed by atoms with E-state index in [2.05, 4.69) is 0 Å². The summed E-state index contributed by atoms with van der Waals surface area (Å²) in [6.45, 7) is 2.86. The molecule has 5 heteroatoms. The minimum Gasteiger partial charge on any atom is -0.492 e. The average molecular weight is 291 g/mol. The first kappa shape index (κ1) is 15.4. The molecule has 1 fully saturated rings. The first-order chi connectivity index (χ1) is 9.99. The van der Waals surface area contributed by atoms with Gasteiger partial charge >= 0.3 is 5.97 Å². The first-order valence-corrected chi connectivity index (χ1v) is 7.16. The zero-order valence-corrected chi connectivity index (χ0v) is 12.4. The van der Waals surface area contributed by atoms with Crippen LogP contribution in [0.25, 0.3) is 0 Å². The molecule has 5 nitrogen and oxygen atoms in total. The summed E-state index contributed by atoms with van der Waals surface area (Å²) in [5, 5.41) is 8.99. The van der Waals surface area contributed by atoms with Gasteiger partial charge in [-0.05, 0) is 31.9 Å². The first-order valence-electron chi connectivity index (χ1n) is 7.16. The Kier molecular flexibility index (Phi) is 4.83. The van der Waals surface area contributed by atoms with Gasteiger partial charge in [0.1, 0.15) is 12.4 Å². The number of aliphatic carboxylic acids is 1. The molecular formula is C16H21NO4. The highest BCUT2D eigenvalue weighted by Gasteiger charge is 2.42. The fraction of sp³-hybridized carbons (Fsp3) is 0.500. The van der Waals surface area contributed by atoms with Gasteiger partial charge in [0.25, 0.3) is 0 Å². The molecule has 0 bridgehead atoms. The van der Waals surface area contributed by atoms with E-state index in [4.69, 9.17) is 9.84 Å². The van der Waals surface area contributed by atoms with Gasteiger partial charge < -0.3 is 14.7 Å². The summed E-state index contributed by atoms with van der Waals surface area (Å²) in [4.78, 5) is 24.6. The molecule has 1 saturated carbocycles. The molecule has 0 radical (unpaired) electrons. The van der Waals surface area contributed by atoms with Crippen molar-refractivity contribution in [3.05, 3.63) is 29.8 Å². The minimum absolute atomic E-state index is 0.0962. The van der Waals surface area contributed by atoms with Crippen molar-refractivity contribution in [2.45, 2.75) is 19.8 Å². The van der Waals surface area contributed by atoms with Crippen LogP contribution in [0.5, 0.6) is 5.75 Å². The molecule has 1 aromatic rings. The molecule has 0 saturated heterocycles. The van der Waals surface area contributed by atoms with Crippen LogP contribution in [0.4, 0.5) is 0 Å². The molecule has 0 aliphatic heterocycles. The maximum Gasteiger partial charge on any atom is 0.307 e. The highest BCUT2D eigenvalue weighted by Crippen LogP contribution is 2.35. The van der Waals surface area contributed by atoms with Gasteiger partial charge in [-0.3, -0.25) is 9.59 Å². The highest BCUT2D eigenvalue weighted by molar-refractivity contribution is 5.86. The van der Waals surface area contributed by atoms with Crippen LogP contribution in [-0.2, 0) is 9.59 Å². The lowest BCUT2D eigenvalue weighted by atomic mass is 9.73. The van der Waals surface area contributed by atoms with Gasteiger partial charge in [0.05, 0.1) is 18.4 Å². The Balaban J connectivity index is 1.76. The maximum atomic E-state index is 12.1. The van der Waals surface area contributed by atoms with Crippen molar-refractivity contribution in [1.29, 1.82) is 0 Å². The number of likely N-dealkylation sites (N-methyl/N-ethyl adjacent to an activating group) is 1. The Morgan fingerprint density at radius 2 is 1.86 bits per heavy atom. The Hall–Kier alpha value is -2.04. The van der Waals surface area contributed by atoms with E-state index in [0.29, 0.717) is 26.0 Å². The van der Waals surface area contributed by atoms with E-state index in [1.165, 1.54) is 5.56 Å². The Bertz CT molecular complexity index is 512. The number of aryl methyl sites for hydroxylation is 1. The number of benzene rings is 1. The van der Waals surface area contributed by atoms with Gasteiger partial charge in [-0.25, -0.2) is 0 Å². The number of carboxylic acid groups (broad SMARTS) is 1. The zero-order chi connectivity index (χ0) is 15.4. The molecule has 21 heavy (non-hydrogen) atoms. The summed E-state index contributed by atoms with van der Waals surface area (Å²) >= 11 is 0. The standard InChI is InChI=1S/C16H21NO4/c1-11-3-5-12(6-4-11)21-10-9-17(2)15(18)13-7-8-14(13)16(19)20/h3-6,13-14H,7-10H2,1-2H3,(H,19,20). The molecule has 0 heterocycles. The van der Waals surface area contributed by atoms with Gasteiger partial charge in [-0.2, -0.15) is 0 Å². The lowest BCUT2D eigenvalue weighted by Gasteiger charge is -2.34. The number of ether oxygens (including phenoxy) is 1. The molecule has 1 aliphatic carbocycles. The van der Waals surface area contributed by atoms with Crippen molar-refractivity contribution in [2.75, 3.05) is 20.2 Å². The van der Waals surface area contributed by atoms with E-state index in [-0.39, 0.29) is 11.8 Å². The maximum absolute atomic E-state index is 12.1. The largest absolute Gasteiger partial charge is 0.492 e. The summed E-state index contributed by atoms with van der Waals surface area (Å²) in [6.07, 6.45) is 1.26. The van der Waals surface area contributed by atoms with E-state index in [9.17, 15) is 9.59 Å². The fourth-order valence-electron chi connectivity index (χ4n) is 2.42. The molecule has 2 unspecified atom stereocenters. The molecular weight excluding hydrogens is 270 g/mol. The molecule has 2 rings (SSSR count). The molecule has 2 atom stereocenters. The summed E-state index contributed by atoms with van der Waals surface area (Å²) < 4.78 is 5.58. The third-order valence-corrected chi connectivity index (χ3v) is 4.00. The second-order valence-corrected chi connectivity index (χ2v) is 5.55. The Morgan fingerprint density at radius 3 is 2.38 bits per heavy atom. The van der Waals surface area contributed by atoms with Crippen LogP contribution in [0, 0.1) is 18.8 Å². The van der Waals surface area contributed by atoms with Gasteiger partial charge in [0.2, 0.25) is 5.91 Å². The predicted molar refractivity (Wildman–Crippen MR) is 78.2 cm³/mol. The topological polar surface area (TPSA) is 66.8 Å². The van der Waals surface area contributed by atoms with E-state index < -0.39 is 11.9 Å². The van der Waals surface area contributed by atoms with Crippen LogP contribution in [0.3, 0.4) is 0 Å². The van der Waals surface area contributed by atoms with Crippen molar-refractivity contribution in [2.24, 2.45) is 11.8 Å². The Labute approximate surface area is 124 Å². The van der Waals surface area contributed by atoms with Crippen molar-refractivity contribution < 1.29 is 19.4 Å². The molecule has 1 N–H and O–H groups in total. The number of carboxylic acids is 1. The van der Waals surface area contributed by atoms with Crippen molar-refractivity contribution in [1.82, 2.24) is 4.90 Å². The summed E-state index contributed by atoms with van der Waals surface area (Å²) in [7, 11) is 1.69. The van der Waals surface area contributed by atoms with Gasteiger partial charge in [0.15, 0.2) is 0 Å². The smallest absolute Gasteiger partial charge is 0.307 e. The summed E-state index contributed by atoms with van der Waals surface area (Å²) in [5.41, 5.74) is 1.17.